The first-order valence-electron chi connectivity index (χ1n) is 6.15. The second-order valence-electron chi connectivity index (χ2n) is 4.15. The lowest BCUT2D eigenvalue weighted by atomic mass is 10.2. The first kappa shape index (κ1) is 13.4. The van der Waals surface area contributed by atoms with Crippen molar-refractivity contribution in [3.63, 3.8) is 0 Å². The fourth-order valence-electron chi connectivity index (χ4n) is 1.94. The third-order valence-electron chi connectivity index (χ3n) is 2.92. The average molecular weight is 266 g/mol. The Hall–Kier alpha value is -2.02. The molecule has 1 saturated heterocycles. The Morgan fingerprint density at radius 2 is 1.89 bits per heavy atom. The predicted octanol–water partition coefficient (Wildman–Crippen LogP) is 1.22. The van der Waals surface area contributed by atoms with Crippen molar-refractivity contribution in [3.8, 4) is 0 Å². The number of hydrazine groups is 1. The standard InChI is InChI=1S/C12H18N4O3/c1-18-11-19-13-16(17)15-9-7-14(8-10-15)12-5-3-2-4-6-12/h2-6H,7-11H2,1H3/b16-13-. The van der Waals surface area contributed by atoms with Crippen LogP contribution in [0, 0.1) is 5.21 Å². The van der Waals surface area contributed by atoms with Crippen molar-refractivity contribution in [2.75, 3.05) is 45.0 Å². The molecule has 7 nitrogen and oxygen atoms in total. The zero-order valence-corrected chi connectivity index (χ0v) is 10.9. The predicted molar refractivity (Wildman–Crippen MR) is 69.2 cm³/mol. The van der Waals surface area contributed by atoms with E-state index in [-0.39, 0.29) is 6.79 Å². The van der Waals surface area contributed by atoms with E-state index in [1.54, 1.807) is 5.01 Å². The average Bonchev–Trinajstić information content (AvgIpc) is 2.48. The van der Waals surface area contributed by atoms with Gasteiger partial charge in [0.2, 0.25) is 12.1 Å². The number of anilines is 1. The van der Waals surface area contributed by atoms with Gasteiger partial charge in [-0.2, -0.15) is 0 Å². The number of methoxy groups -OCH3 is 1. The van der Waals surface area contributed by atoms with Crippen LogP contribution in [0.25, 0.3) is 0 Å². The molecule has 0 spiro atoms. The van der Waals surface area contributed by atoms with Crippen molar-refractivity contribution >= 4 is 5.69 Å². The molecule has 1 aromatic rings. The van der Waals surface area contributed by atoms with Gasteiger partial charge < -0.3 is 19.7 Å². The number of piperazine rings is 1. The maximum Gasteiger partial charge on any atom is 0.235 e. The molecular weight excluding hydrogens is 248 g/mol. The number of hydrogen-bond acceptors (Lipinski definition) is 5. The number of rotatable bonds is 5. The lowest BCUT2D eigenvalue weighted by Gasteiger charge is -2.32. The molecule has 1 aromatic carbocycles. The highest BCUT2D eigenvalue weighted by atomic mass is 16.8. The summed E-state index contributed by atoms with van der Waals surface area (Å²) in [6, 6.07) is 10.1. The Kier molecular flexibility index (Phi) is 4.79. The maximum atomic E-state index is 11.6. The molecule has 0 bridgehead atoms. The van der Waals surface area contributed by atoms with Crippen molar-refractivity contribution < 1.29 is 14.5 Å². The van der Waals surface area contributed by atoms with Crippen LogP contribution in [0.2, 0.25) is 0 Å². The van der Waals surface area contributed by atoms with E-state index in [0.717, 1.165) is 13.1 Å². The minimum Gasteiger partial charge on any atom is -0.569 e. The largest absolute Gasteiger partial charge is 0.569 e. The molecule has 2 rings (SSSR count). The van der Waals surface area contributed by atoms with Gasteiger partial charge in [0.15, 0.2) is 0 Å². The highest BCUT2D eigenvalue weighted by molar-refractivity contribution is 5.46. The first-order chi connectivity index (χ1) is 9.31. The van der Waals surface area contributed by atoms with Gasteiger partial charge in [0, 0.05) is 25.9 Å². The van der Waals surface area contributed by atoms with Gasteiger partial charge >= 0.3 is 0 Å². The highest BCUT2D eigenvalue weighted by Crippen LogP contribution is 2.15. The van der Waals surface area contributed by atoms with Crippen LogP contribution in [0.1, 0.15) is 0 Å². The second-order valence-corrected chi connectivity index (χ2v) is 4.15. The highest BCUT2D eigenvalue weighted by Gasteiger charge is 2.22. The molecule has 1 aliphatic rings. The van der Waals surface area contributed by atoms with Crippen LogP contribution in [0.15, 0.2) is 35.6 Å². The van der Waals surface area contributed by atoms with Crippen molar-refractivity contribution in [3.05, 3.63) is 35.5 Å². The van der Waals surface area contributed by atoms with Gasteiger partial charge in [-0.1, -0.05) is 18.2 Å². The molecule has 0 atom stereocenters. The van der Waals surface area contributed by atoms with E-state index in [1.807, 2.05) is 18.2 Å². The third-order valence-corrected chi connectivity index (χ3v) is 2.92. The summed E-state index contributed by atoms with van der Waals surface area (Å²) in [6.07, 6.45) is 0. The molecule has 0 N–H and O–H groups in total. The Labute approximate surface area is 112 Å². The van der Waals surface area contributed by atoms with Crippen LogP contribution in [-0.2, 0) is 9.57 Å². The summed E-state index contributed by atoms with van der Waals surface area (Å²) in [4.78, 5) is 7.39. The molecule has 1 aliphatic heterocycles. The molecule has 0 amide bonds. The van der Waals surface area contributed by atoms with E-state index in [4.69, 9.17) is 0 Å². The van der Waals surface area contributed by atoms with E-state index in [2.05, 4.69) is 31.9 Å². The quantitative estimate of drug-likeness (QED) is 0.264. The first-order valence-corrected chi connectivity index (χ1v) is 6.15. The van der Waals surface area contributed by atoms with Crippen LogP contribution in [0.4, 0.5) is 5.69 Å². The maximum absolute atomic E-state index is 11.6. The number of para-hydroxylation sites is 1. The van der Waals surface area contributed by atoms with Gasteiger partial charge in [-0.25, -0.2) is 0 Å². The molecule has 1 heterocycles. The fraction of sp³-hybridized carbons (Fsp3) is 0.500. The number of benzene rings is 1. The number of ether oxygens (including phenoxy) is 1. The van der Waals surface area contributed by atoms with E-state index in [1.165, 1.54) is 12.8 Å². The van der Waals surface area contributed by atoms with Crippen LogP contribution >= 0.6 is 0 Å². The molecule has 104 valence electrons. The summed E-state index contributed by atoms with van der Waals surface area (Å²) >= 11 is 0. The molecule has 0 aliphatic carbocycles. The lowest BCUT2D eigenvalue weighted by molar-refractivity contribution is -0.712. The van der Waals surface area contributed by atoms with Gasteiger partial charge in [0.05, 0.1) is 18.1 Å². The van der Waals surface area contributed by atoms with Crippen LogP contribution < -0.4 is 4.90 Å². The Bertz CT molecular complexity index is 405. The normalized spacial score (nSPS) is 16.6. The molecule has 7 heteroatoms. The smallest absolute Gasteiger partial charge is 0.235 e. The summed E-state index contributed by atoms with van der Waals surface area (Å²) in [5, 5.41) is 16.6. The van der Waals surface area contributed by atoms with E-state index >= 15 is 0 Å². The lowest BCUT2D eigenvalue weighted by Crippen LogP contribution is -2.48. The number of hydrogen-bond donors (Lipinski definition) is 0. The molecule has 0 saturated carbocycles. The summed E-state index contributed by atoms with van der Waals surface area (Å²) in [6.45, 7) is 2.75. The minimum absolute atomic E-state index is 0.0251. The topological polar surface area (TPSA) is 63.4 Å². The molecule has 0 aromatic heterocycles. The van der Waals surface area contributed by atoms with E-state index in [0.29, 0.717) is 18.1 Å². The SMILES string of the molecule is COCO/N=[N+](\[O-])N1CCN(c2ccccc2)CC1. The Morgan fingerprint density at radius 1 is 1.21 bits per heavy atom. The van der Waals surface area contributed by atoms with E-state index < -0.39 is 0 Å². The molecule has 0 radical (unpaired) electrons. The minimum atomic E-state index is -0.0251. The molecule has 0 unspecified atom stereocenters. The fourth-order valence-corrected chi connectivity index (χ4v) is 1.94. The molecule has 1 fully saturated rings. The van der Waals surface area contributed by atoms with Crippen LogP contribution in [0.3, 0.4) is 0 Å². The van der Waals surface area contributed by atoms with Crippen molar-refractivity contribution in [1.82, 2.24) is 5.01 Å². The van der Waals surface area contributed by atoms with Gasteiger partial charge in [-0.15, -0.1) is 5.01 Å². The van der Waals surface area contributed by atoms with E-state index in [9.17, 15) is 5.21 Å². The third kappa shape index (κ3) is 3.72. The monoisotopic (exact) mass is 266 g/mol. The second kappa shape index (κ2) is 6.79. The summed E-state index contributed by atoms with van der Waals surface area (Å²) in [7, 11) is 1.48. The van der Waals surface area contributed by atoms with Crippen molar-refractivity contribution in [1.29, 1.82) is 0 Å². The zero-order chi connectivity index (χ0) is 13.5. The van der Waals surface area contributed by atoms with Crippen molar-refractivity contribution in [2.24, 2.45) is 5.28 Å². The van der Waals surface area contributed by atoms with Gasteiger partial charge in [0.25, 0.3) is 0 Å². The van der Waals surface area contributed by atoms with Crippen molar-refractivity contribution in [2.45, 2.75) is 0 Å². The molecule has 19 heavy (non-hydrogen) atoms. The van der Waals surface area contributed by atoms with Crippen LogP contribution in [-0.4, -0.2) is 50.1 Å². The summed E-state index contributed by atoms with van der Waals surface area (Å²) < 4.78 is 4.65. The van der Waals surface area contributed by atoms with Gasteiger partial charge in [-0.3, -0.25) is 0 Å². The number of nitrogens with zero attached hydrogens (tertiary/aromatic N) is 4. The van der Waals surface area contributed by atoms with Crippen LogP contribution in [0.5, 0.6) is 0 Å². The summed E-state index contributed by atoms with van der Waals surface area (Å²) in [5.41, 5.74) is 1.17. The van der Waals surface area contributed by atoms with Gasteiger partial charge in [0.1, 0.15) is 0 Å². The Balaban J connectivity index is 1.84. The summed E-state index contributed by atoms with van der Waals surface area (Å²) in [5.74, 6) is 0. The Morgan fingerprint density at radius 3 is 2.53 bits per heavy atom. The molecular formula is C12H18N4O3. The van der Waals surface area contributed by atoms with Gasteiger partial charge in [-0.05, 0) is 12.1 Å². The zero-order valence-electron chi connectivity index (χ0n) is 10.9.